The van der Waals surface area contributed by atoms with Crippen LogP contribution in [0.3, 0.4) is 0 Å². The zero-order valence-electron chi connectivity index (χ0n) is 25.3. The van der Waals surface area contributed by atoms with Gasteiger partial charge in [-0.1, -0.05) is 125 Å². The molecule has 2 nitrogen and oxygen atoms in total. The second-order valence-corrected chi connectivity index (χ2v) is 18.9. The van der Waals surface area contributed by atoms with Crippen molar-refractivity contribution in [2.45, 2.75) is 190 Å². The van der Waals surface area contributed by atoms with Crippen LogP contribution in [0.25, 0.3) is 0 Å². The van der Waals surface area contributed by atoms with E-state index in [9.17, 15) is 9.90 Å². The normalized spacial score (nSPS) is 23.9. The molecule has 0 saturated heterocycles. The van der Waals surface area contributed by atoms with Crippen molar-refractivity contribution < 1.29 is 30.3 Å². The number of carboxylic acids is 1. The fourth-order valence-corrected chi connectivity index (χ4v) is 16.7. The van der Waals surface area contributed by atoms with E-state index in [1.807, 2.05) is 0 Å². The van der Waals surface area contributed by atoms with E-state index in [-0.39, 0.29) is 26.8 Å². The first-order valence-electron chi connectivity index (χ1n) is 17.2. The Labute approximate surface area is 259 Å². The van der Waals surface area contributed by atoms with E-state index in [0.717, 1.165) is 0 Å². The Balaban J connectivity index is 0.000000411. The van der Waals surface area contributed by atoms with E-state index >= 15 is 0 Å². The molecule has 0 spiro atoms. The molecule has 5 fully saturated rings. The molecule has 0 bridgehead atoms. The number of hydrogen-bond acceptors (Lipinski definition) is 2. The standard InChI is InChI=1S/C26H48P2.C5H10.C3H5O2.Pd/c1-5-13-23(14-6-1)27(24-15-7-2-8-16-24)21-22-28(25-17-9-3-10-18-25)26-19-11-4-12-20-26;1-2-4-5-3-1;1-2-3(4)5;/h23-26H,1-22H2;1-5H2;1-2H2,(H,4,5);/q;;-1;+2/p-1. The van der Waals surface area contributed by atoms with Gasteiger partial charge in [0.15, 0.2) is 0 Å². The maximum Gasteiger partial charge on any atom is 2.00 e. The zero-order chi connectivity index (χ0) is 26.8. The molecule has 0 aromatic rings. The second kappa shape index (κ2) is 22.5. The summed E-state index contributed by atoms with van der Waals surface area (Å²) >= 11 is 0. The summed E-state index contributed by atoms with van der Waals surface area (Å²) in [5.74, 6) is -1.11. The molecule has 5 heteroatoms. The van der Waals surface area contributed by atoms with E-state index in [2.05, 4.69) is 6.92 Å². The average molecular weight is 671 g/mol. The van der Waals surface area contributed by atoms with Gasteiger partial charge in [0.2, 0.25) is 0 Å². The number of carbonyl (C=O) groups is 1. The summed E-state index contributed by atoms with van der Waals surface area (Å²) in [6, 6.07) is 0. The fraction of sp³-hybridized carbons (Fsp3) is 0.941. The Morgan fingerprint density at radius 1 is 0.487 bits per heavy atom. The summed E-state index contributed by atoms with van der Waals surface area (Å²) < 4.78 is 0. The van der Waals surface area contributed by atoms with E-state index in [1.54, 1.807) is 141 Å². The van der Waals surface area contributed by atoms with Gasteiger partial charge in [-0.05, 0) is 86.3 Å². The van der Waals surface area contributed by atoms with Crippen LogP contribution in [0, 0.1) is 6.92 Å². The smallest absolute Gasteiger partial charge is 0.553 e. The summed E-state index contributed by atoms with van der Waals surface area (Å²) in [7, 11) is 0.689. The molecule has 0 aromatic heterocycles. The van der Waals surface area contributed by atoms with Crippen LogP contribution in [0.1, 0.15) is 167 Å². The van der Waals surface area contributed by atoms with Crippen molar-refractivity contribution in [3.8, 4) is 0 Å². The van der Waals surface area contributed by atoms with E-state index in [4.69, 9.17) is 0 Å². The molecule has 5 saturated carbocycles. The van der Waals surface area contributed by atoms with Crippen LogP contribution in [0.4, 0.5) is 0 Å². The van der Waals surface area contributed by atoms with Crippen molar-refractivity contribution in [1.82, 2.24) is 0 Å². The van der Waals surface area contributed by atoms with Crippen molar-refractivity contribution >= 4 is 21.8 Å². The quantitative estimate of drug-likeness (QED) is 0.146. The first kappa shape index (κ1) is 36.2. The molecule has 230 valence electrons. The molecular weight excluding hydrogens is 609 g/mol. The van der Waals surface area contributed by atoms with E-state index < -0.39 is 5.97 Å². The number of rotatable bonds is 8. The molecule has 39 heavy (non-hydrogen) atoms. The molecule has 5 aliphatic carbocycles. The van der Waals surface area contributed by atoms with Gasteiger partial charge in [-0.25, -0.2) is 0 Å². The van der Waals surface area contributed by atoms with Crippen LogP contribution in [0.15, 0.2) is 0 Å². The Kier molecular flexibility index (Phi) is 20.9. The van der Waals surface area contributed by atoms with Gasteiger partial charge in [-0.2, -0.15) is 0 Å². The molecule has 0 amide bonds. The molecule has 0 heterocycles. The third kappa shape index (κ3) is 14.3. The SMILES string of the molecule is C1CCC(P(CCP(C2CCCCC2)C2CCCCC2)C2CCCCC2)CC1.C1CCCC1.[CH2-]CC(=O)[O-].[Pd+2]. The van der Waals surface area contributed by atoms with Crippen molar-refractivity contribution in [3.63, 3.8) is 0 Å². The average Bonchev–Trinajstić information content (AvgIpc) is 3.58. The molecule has 0 aliphatic heterocycles. The minimum absolute atomic E-state index is 0. The molecule has 0 aromatic carbocycles. The summed E-state index contributed by atoms with van der Waals surface area (Å²) in [6.45, 7) is 3.02. The summed E-state index contributed by atoms with van der Waals surface area (Å²) in [5, 5.41) is 9.19. The minimum Gasteiger partial charge on any atom is -0.553 e. The molecule has 0 unspecified atom stereocenters. The number of carboxylic acid groups (broad SMARTS) is 1. The molecule has 0 atom stereocenters. The third-order valence-electron chi connectivity index (χ3n) is 10.2. The largest absolute Gasteiger partial charge is 2.00 e. The van der Waals surface area contributed by atoms with Crippen LogP contribution in [-0.4, -0.2) is 40.9 Å². The van der Waals surface area contributed by atoms with Crippen LogP contribution < -0.4 is 5.11 Å². The van der Waals surface area contributed by atoms with Gasteiger partial charge in [-0.15, -0.1) is 6.42 Å². The summed E-state index contributed by atoms with van der Waals surface area (Å²) in [4.78, 5) is 9.19. The fourth-order valence-electron chi connectivity index (χ4n) is 8.09. The predicted octanol–water partition coefficient (Wildman–Crippen LogP) is 10.2. The molecule has 0 N–H and O–H groups in total. The molecule has 0 radical (unpaired) electrons. The second-order valence-electron chi connectivity index (χ2n) is 13.0. The van der Waals surface area contributed by atoms with Crippen molar-refractivity contribution in [2.75, 3.05) is 12.3 Å². The van der Waals surface area contributed by atoms with Crippen LogP contribution in [-0.2, 0) is 25.2 Å². The Bertz CT molecular complexity index is 506. The van der Waals surface area contributed by atoms with Gasteiger partial charge >= 0.3 is 20.4 Å². The van der Waals surface area contributed by atoms with Crippen molar-refractivity contribution in [3.05, 3.63) is 6.92 Å². The first-order chi connectivity index (χ1) is 18.7. The van der Waals surface area contributed by atoms with Gasteiger partial charge < -0.3 is 16.8 Å². The van der Waals surface area contributed by atoms with Crippen molar-refractivity contribution in [2.24, 2.45) is 0 Å². The van der Waals surface area contributed by atoms with E-state index in [0.29, 0.717) is 15.8 Å². The minimum atomic E-state index is -1.11. The predicted molar refractivity (Wildman–Crippen MR) is 169 cm³/mol. The summed E-state index contributed by atoms with van der Waals surface area (Å²) in [5.41, 5.74) is 4.73. The first-order valence-corrected chi connectivity index (χ1v) is 20.5. The molecular formula is C34H62O2P2Pd. The molecule has 5 rings (SSSR count). The Morgan fingerprint density at radius 3 is 0.846 bits per heavy atom. The topological polar surface area (TPSA) is 40.1 Å². The maximum absolute atomic E-state index is 9.19. The number of aliphatic carboxylic acids is 1. The number of carbonyl (C=O) groups excluding carboxylic acids is 1. The van der Waals surface area contributed by atoms with Crippen LogP contribution in [0.2, 0.25) is 0 Å². The van der Waals surface area contributed by atoms with Crippen LogP contribution >= 0.6 is 15.8 Å². The van der Waals surface area contributed by atoms with Gasteiger partial charge in [0.1, 0.15) is 0 Å². The van der Waals surface area contributed by atoms with Gasteiger partial charge in [0, 0.05) is 5.97 Å². The Hall–Kier alpha value is 0.992. The van der Waals surface area contributed by atoms with Gasteiger partial charge in [0.25, 0.3) is 0 Å². The maximum atomic E-state index is 9.19. The summed E-state index contributed by atoms with van der Waals surface area (Å²) in [6.07, 6.45) is 42.4. The monoisotopic (exact) mass is 670 g/mol. The Morgan fingerprint density at radius 2 is 0.667 bits per heavy atom. The zero-order valence-corrected chi connectivity index (χ0v) is 28.7. The van der Waals surface area contributed by atoms with E-state index in [1.165, 1.54) is 54.7 Å². The van der Waals surface area contributed by atoms with Gasteiger partial charge in [-0.3, -0.25) is 0 Å². The molecule has 5 aliphatic rings. The van der Waals surface area contributed by atoms with Crippen LogP contribution in [0.5, 0.6) is 0 Å². The third-order valence-corrected chi connectivity index (χ3v) is 17.9. The number of hydrogen-bond donors (Lipinski definition) is 0. The van der Waals surface area contributed by atoms with Gasteiger partial charge in [0.05, 0.1) is 0 Å². The van der Waals surface area contributed by atoms with Crippen molar-refractivity contribution in [1.29, 1.82) is 0 Å².